The van der Waals surface area contributed by atoms with Gasteiger partial charge in [0.05, 0.1) is 17.4 Å². The number of piperazine rings is 1. The molecule has 182 valence electrons. The van der Waals surface area contributed by atoms with E-state index in [9.17, 15) is 18.0 Å². The first-order valence-electron chi connectivity index (χ1n) is 11.4. The summed E-state index contributed by atoms with van der Waals surface area (Å²) < 4.78 is 40.0. The van der Waals surface area contributed by atoms with Crippen LogP contribution in [0.4, 0.5) is 23.7 Å². The highest BCUT2D eigenvalue weighted by Gasteiger charge is 2.37. The van der Waals surface area contributed by atoms with E-state index in [0.717, 1.165) is 36.3 Å². The Morgan fingerprint density at radius 1 is 1.15 bits per heavy atom. The average Bonchev–Trinajstić information content (AvgIpc) is 2.94. The first kappa shape index (κ1) is 23.9. The highest BCUT2D eigenvalue weighted by Crippen LogP contribution is 2.35. The fraction of sp³-hybridized carbons (Fsp3) is 0.440. The second kappa shape index (κ2) is 9.19. The summed E-state index contributed by atoms with van der Waals surface area (Å²) in [5.74, 6) is 0.290. The number of carbonyl (C=O) groups is 1. The van der Waals surface area contributed by atoms with Gasteiger partial charge in [-0.2, -0.15) is 13.2 Å². The summed E-state index contributed by atoms with van der Waals surface area (Å²) in [5, 5.41) is 2.43. The highest BCUT2D eigenvalue weighted by atomic mass is 19.4. The van der Waals surface area contributed by atoms with Crippen LogP contribution >= 0.6 is 0 Å². The van der Waals surface area contributed by atoms with Gasteiger partial charge in [0.2, 0.25) is 0 Å². The van der Waals surface area contributed by atoms with Gasteiger partial charge in [-0.1, -0.05) is 31.2 Å². The van der Waals surface area contributed by atoms with Crippen molar-refractivity contribution in [2.24, 2.45) is 5.92 Å². The van der Waals surface area contributed by atoms with Crippen molar-refractivity contribution >= 4 is 11.7 Å². The predicted octanol–water partition coefficient (Wildman–Crippen LogP) is 4.87. The second-order valence-electron chi connectivity index (χ2n) is 9.20. The van der Waals surface area contributed by atoms with Crippen LogP contribution in [0.3, 0.4) is 0 Å². The van der Waals surface area contributed by atoms with E-state index in [4.69, 9.17) is 0 Å². The molecule has 34 heavy (non-hydrogen) atoms. The number of urea groups is 1. The molecule has 1 aromatic heterocycles. The smallest absolute Gasteiger partial charge is 0.371 e. The van der Waals surface area contributed by atoms with E-state index < -0.39 is 17.8 Å². The summed E-state index contributed by atoms with van der Waals surface area (Å²) in [6.45, 7) is 7.90. The van der Waals surface area contributed by atoms with Crippen LogP contribution in [0.15, 0.2) is 65.8 Å². The number of nitrogens with zero attached hydrogens (tertiary/aromatic N) is 4. The molecule has 9 heteroatoms. The predicted molar refractivity (Wildman–Crippen MR) is 126 cm³/mol. The summed E-state index contributed by atoms with van der Waals surface area (Å²) in [6, 6.07) is 0.0766. The number of likely N-dealkylation sites (N-methyl/N-ethyl adjacent to an activating group) is 1. The van der Waals surface area contributed by atoms with Crippen LogP contribution in [-0.2, 0) is 6.18 Å². The van der Waals surface area contributed by atoms with Gasteiger partial charge in [0.15, 0.2) is 0 Å². The molecule has 1 N–H and O–H groups in total. The molecule has 1 saturated heterocycles. The number of rotatable bonds is 2. The van der Waals surface area contributed by atoms with E-state index in [0.29, 0.717) is 19.0 Å². The standard InChI is InChI=1S/C25H30F3N5O/c1-16-7-8-22(19-6-5-11-31(4)23(19)12-16)32-14-18(3)33(15-17(32)2)24(34)30-21-13-29-10-9-20(21)25(26,27)28/h5-10,12-13,16-18H,11,14-15H2,1-4H3,(H,30,34)/t16?,17-,18+/m0/s1. The number of allylic oxidation sites excluding steroid dienone is 4. The minimum atomic E-state index is -4.58. The minimum absolute atomic E-state index is 0.0274. The van der Waals surface area contributed by atoms with Crippen LogP contribution in [0.2, 0.25) is 0 Å². The van der Waals surface area contributed by atoms with E-state index in [2.05, 4.69) is 64.5 Å². The SMILES string of the molecule is CC1C=CC(N2C[C@@H](C)N(C(=O)Nc3cnccc3C(F)(F)F)C[C@@H]2C)=C2C=CCN(C)C2=C1. The number of anilines is 1. The number of amides is 2. The lowest BCUT2D eigenvalue weighted by molar-refractivity contribution is -0.137. The minimum Gasteiger partial charge on any atom is -0.371 e. The van der Waals surface area contributed by atoms with Crippen molar-refractivity contribution in [3.05, 3.63) is 71.4 Å². The maximum atomic E-state index is 13.3. The van der Waals surface area contributed by atoms with Crippen molar-refractivity contribution in [2.75, 3.05) is 32.0 Å². The third-order valence-corrected chi connectivity index (χ3v) is 6.53. The first-order chi connectivity index (χ1) is 16.1. The topological polar surface area (TPSA) is 51.7 Å². The molecule has 3 heterocycles. The average molecular weight is 474 g/mol. The highest BCUT2D eigenvalue weighted by molar-refractivity contribution is 5.90. The zero-order valence-corrected chi connectivity index (χ0v) is 19.8. The maximum Gasteiger partial charge on any atom is 0.418 e. The van der Waals surface area contributed by atoms with E-state index in [1.807, 2.05) is 13.8 Å². The van der Waals surface area contributed by atoms with E-state index >= 15 is 0 Å². The summed E-state index contributed by atoms with van der Waals surface area (Å²) in [6.07, 6.45) is 8.40. The number of nitrogens with one attached hydrogen (secondary N) is 1. The van der Waals surface area contributed by atoms with Crippen molar-refractivity contribution in [2.45, 2.75) is 39.0 Å². The molecule has 1 aromatic rings. The van der Waals surface area contributed by atoms with Crippen LogP contribution in [-0.4, -0.2) is 64.5 Å². The summed E-state index contributed by atoms with van der Waals surface area (Å²) in [4.78, 5) is 22.9. The molecule has 4 rings (SSSR count). The third kappa shape index (κ3) is 4.69. The zero-order chi connectivity index (χ0) is 24.6. The second-order valence-corrected chi connectivity index (χ2v) is 9.20. The quantitative estimate of drug-likeness (QED) is 0.666. The number of fused-ring (bicyclic) bond motifs is 1. The molecule has 2 amide bonds. The van der Waals surface area contributed by atoms with Crippen molar-refractivity contribution in [3.8, 4) is 0 Å². The normalized spacial score (nSPS) is 25.2. The number of hydrogen-bond acceptors (Lipinski definition) is 4. The molecule has 0 radical (unpaired) electrons. The Morgan fingerprint density at radius 3 is 2.65 bits per heavy atom. The molecule has 0 spiro atoms. The van der Waals surface area contributed by atoms with Crippen molar-refractivity contribution in [1.82, 2.24) is 19.7 Å². The molecule has 0 aromatic carbocycles. The molecule has 3 atom stereocenters. The van der Waals surface area contributed by atoms with Crippen LogP contribution in [0.25, 0.3) is 0 Å². The fourth-order valence-corrected chi connectivity index (χ4v) is 4.71. The molecule has 0 saturated carbocycles. The van der Waals surface area contributed by atoms with Gasteiger partial charge >= 0.3 is 12.2 Å². The van der Waals surface area contributed by atoms with Gasteiger partial charge in [-0.05, 0) is 31.9 Å². The number of aromatic nitrogens is 1. The lowest BCUT2D eigenvalue weighted by atomic mass is 10.0. The number of pyridine rings is 1. The Balaban J connectivity index is 1.56. The molecular formula is C25H30F3N5O. The molecule has 0 bridgehead atoms. The Labute approximate surface area is 198 Å². The maximum absolute atomic E-state index is 13.3. The number of alkyl halides is 3. The van der Waals surface area contributed by atoms with Crippen molar-refractivity contribution < 1.29 is 18.0 Å². The zero-order valence-electron chi connectivity index (χ0n) is 19.8. The first-order valence-corrected chi connectivity index (χ1v) is 11.4. The Hall–Kier alpha value is -3.23. The molecule has 6 nitrogen and oxygen atoms in total. The molecular weight excluding hydrogens is 443 g/mol. The van der Waals surface area contributed by atoms with Gasteiger partial charge in [-0.25, -0.2) is 4.79 Å². The fourth-order valence-electron chi connectivity index (χ4n) is 4.71. The molecule has 1 fully saturated rings. The number of carbonyl (C=O) groups excluding carboxylic acids is 1. The lowest BCUT2D eigenvalue weighted by Crippen LogP contribution is -2.58. The lowest BCUT2D eigenvalue weighted by Gasteiger charge is -2.46. The molecule has 3 aliphatic rings. The van der Waals surface area contributed by atoms with Crippen LogP contribution in [0.5, 0.6) is 0 Å². The largest absolute Gasteiger partial charge is 0.418 e. The number of hydrogen-bond donors (Lipinski definition) is 1. The van der Waals surface area contributed by atoms with Gasteiger partial charge in [-0.15, -0.1) is 0 Å². The Bertz CT molecular complexity index is 1070. The summed E-state index contributed by atoms with van der Waals surface area (Å²) >= 11 is 0. The summed E-state index contributed by atoms with van der Waals surface area (Å²) in [7, 11) is 2.08. The van der Waals surface area contributed by atoms with Gasteiger partial charge in [0.1, 0.15) is 0 Å². The van der Waals surface area contributed by atoms with Gasteiger partial charge in [-0.3, -0.25) is 4.98 Å². The molecule has 1 unspecified atom stereocenters. The van der Waals surface area contributed by atoms with Gasteiger partial charge in [0, 0.05) is 61.9 Å². The van der Waals surface area contributed by atoms with Crippen LogP contribution in [0, 0.1) is 5.92 Å². The van der Waals surface area contributed by atoms with Crippen molar-refractivity contribution in [1.29, 1.82) is 0 Å². The van der Waals surface area contributed by atoms with E-state index in [1.54, 1.807) is 4.90 Å². The Kier molecular flexibility index (Phi) is 6.47. The van der Waals surface area contributed by atoms with Gasteiger partial charge < -0.3 is 20.0 Å². The third-order valence-electron chi connectivity index (χ3n) is 6.53. The van der Waals surface area contributed by atoms with Crippen molar-refractivity contribution in [3.63, 3.8) is 0 Å². The number of halogens is 3. The van der Waals surface area contributed by atoms with Crippen LogP contribution < -0.4 is 5.32 Å². The van der Waals surface area contributed by atoms with E-state index in [-0.39, 0.29) is 17.8 Å². The van der Waals surface area contributed by atoms with E-state index in [1.165, 1.54) is 5.70 Å². The van der Waals surface area contributed by atoms with Gasteiger partial charge in [0.25, 0.3) is 0 Å². The molecule has 1 aliphatic carbocycles. The van der Waals surface area contributed by atoms with Crippen LogP contribution in [0.1, 0.15) is 26.3 Å². The summed E-state index contributed by atoms with van der Waals surface area (Å²) in [5.41, 5.74) is 2.19. The monoisotopic (exact) mass is 473 g/mol. The Morgan fingerprint density at radius 2 is 1.91 bits per heavy atom. The molecule has 2 aliphatic heterocycles.